The summed E-state index contributed by atoms with van der Waals surface area (Å²) in [5.41, 5.74) is 0.698. The standard InChI is InChI=1S/C15H22FNO2/c1-10(13-7-6-12(16)8-15(13)19)17-14-5-3-2-4-11(14)9-18/h6-8,10-11,14,17-19H,2-5,9H2,1H3. The fraction of sp³-hybridized carbons (Fsp3) is 0.600. The van der Waals surface area contributed by atoms with Crippen LogP contribution in [0.3, 0.4) is 0 Å². The molecule has 0 spiro atoms. The molecule has 4 heteroatoms. The first-order valence-electron chi connectivity index (χ1n) is 6.97. The van der Waals surface area contributed by atoms with Gasteiger partial charge in [0.25, 0.3) is 0 Å². The van der Waals surface area contributed by atoms with Crippen molar-refractivity contribution in [2.45, 2.75) is 44.7 Å². The highest BCUT2D eigenvalue weighted by atomic mass is 19.1. The molecule has 1 aliphatic carbocycles. The maximum atomic E-state index is 13.0. The van der Waals surface area contributed by atoms with E-state index in [9.17, 15) is 14.6 Å². The molecule has 3 N–H and O–H groups in total. The molecule has 3 nitrogen and oxygen atoms in total. The second-order valence-corrected chi connectivity index (χ2v) is 5.43. The van der Waals surface area contributed by atoms with Crippen molar-refractivity contribution in [2.24, 2.45) is 5.92 Å². The fourth-order valence-corrected chi connectivity index (χ4v) is 2.94. The lowest BCUT2D eigenvalue weighted by Crippen LogP contribution is -2.41. The first-order chi connectivity index (χ1) is 9.11. The van der Waals surface area contributed by atoms with Gasteiger partial charge in [0.2, 0.25) is 0 Å². The Labute approximate surface area is 113 Å². The van der Waals surface area contributed by atoms with Gasteiger partial charge in [-0.05, 0) is 31.7 Å². The van der Waals surface area contributed by atoms with Crippen LogP contribution in [0.25, 0.3) is 0 Å². The van der Waals surface area contributed by atoms with E-state index >= 15 is 0 Å². The van der Waals surface area contributed by atoms with Gasteiger partial charge in [0.15, 0.2) is 0 Å². The summed E-state index contributed by atoms with van der Waals surface area (Å²) in [6, 6.07) is 4.31. The maximum absolute atomic E-state index is 13.0. The molecule has 0 heterocycles. The Kier molecular flexibility index (Phi) is 4.77. The van der Waals surface area contributed by atoms with Crippen LogP contribution in [0.15, 0.2) is 18.2 Å². The molecule has 0 aromatic heterocycles. The summed E-state index contributed by atoms with van der Waals surface area (Å²) in [7, 11) is 0. The summed E-state index contributed by atoms with van der Waals surface area (Å²) >= 11 is 0. The quantitative estimate of drug-likeness (QED) is 0.786. The van der Waals surface area contributed by atoms with Crippen LogP contribution in [-0.2, 0) is 0 Å². The number of phenols is 1. The molecule has 0 amide bonds. The molecule has 19 heavy (non-hydrogen) atoms. The first-order valence-corrected chi connectivity index (χ1v) is 6.97. The first kappa shape index (κ1) is 14.3. The van der Waals surface area contributed by atoms with Crippen molar-refractivity contribution in [3.8, 4) is 5.75 Å². The van der Waals surface area contributed by atoms with E-state index in [4.69, 9.17) is 0 Å². The SMILES string of the molecule is CC(NC1CCCCC1CO)c1ccc(F)cc1O. The topological polar surface area (TPSA) is 52.5 Å². The highest BCUT2D eigenvalue weighted by Gasteiger charge is 2.26. The van der Waals surface area contributed by atoms with E-state index < -0.39 is 5.82 Å². The van der Waals surface area contributed by atoms with Crippen LogP contribution in [0.5, 0.6) is 5.75 Å². The molecule has 1 aromatic rings. The van der Waals surface area contributed by atoms with Crippen molar-refractivity contribution in [3.05, 3.63) is 29.6 Å². The van der Waals surface area contributed by atoms with Crippen LogP contribution < -0.4 is 5.32 Å². The molecule has 1 saturated carbocycles. The Morgan fingerprint density at radius 1 is 1.37 bits per heavy atom. The number of benzene rings is 1. The number of halogens is 1. The number of aliphatic hydroxyl groups excluding tert-OH is 1. The van der Waals surface area contributed by atoms with Gasteiger partial charge in [-0.2, -0.15) is 0 Å². The molecule has 0 bridgehead atoms. The van der Waals surface area contributed by atoms with Gasteiger partial charge in [-0.15, -0.1) is 0 Å². The average molecular weight is 267 g/mol. The number of phenolic OH excluding ortho intramolecular Hbond substituents is 1. The minimum Gasteiger partial charge on any atom is -0.508 e. The maximum Gasteiger partial charge on any atom is 0.126 e. The highest BCUT2D eigenvalue weighted by Crippen LogP contribution is 2.29. The molecule has 1 aromatic carbocycles. The van der Waals surface area contributed by atoms with Crippen molar-refractivity contribution in [1.29, 1.82) is 0 Å². The minimum absolute atomic E-state index is 0.0173. The van der Waals surface area contributed by atoms with Crippen LogP contribution in [0.2, 0.25) is 0 Å². The third-order valence-electron chi connectivity index (χ3n) is 4.07. The molecule has 1 fully saturated rings. The van der Waals surface area contributed by atoms with Crippen LogP contribution in [0.1, 0.15) is 44.2 Å². The van der Waals surface area contributed by atoms with Crippen LogP contribution in [-0.4, -0.2) is 22.9 Å². The van der Waals surface area contributed by atoms with Gasteiger partial charge < -0.3 is 15.5 Å². The number of rotatable bonds is 4. The monoisotopic (exact) mass is 267 g/mol. The molecule has 106 valence electrons. The van der Waals surface area contributed by atoms with Crippen molar-refractivity contribution >= 4 is 0 Å². The zero-order chi connectivity index (χ0) is 13.8. The molecule has 1 aliphatic rings. The zero-order valence-electron chi connectivity index (χ0n) is 11.3. The van der Waals surface area contributed by atoms with E-state index in [1.165, 1.54) is 12.5 Å². The van der Waals surface area contributed by atoms with Crippen LogP contribution in [0.4, 0.5) is 4.39 Å². The highest BCUT2D eigenvalue weighted by molar-refractivity contribution is 5.35. The Bertz CT molecular complexity index is 425. The summed E-state index contributed by atoms with van der Waals surface area (Å²) in [5, 5.41) is 22.6. The van der Waals surface area contributed by atoms with Crippen molar-refractivity contribution in [1.82, 2.24) is 5.32 Å². The Morgan fingerprint density at radius 2 is 2.11 bits per heavy atom. The predicted octanol–water partition coefficient (Wildman–Crippen LogP) is 2.73. The number of aromatic hydroxyl groups is 1. The Morgan fingerprint density at radius 3 is 2.79 bits per heavy atom. The second-order valence-electron chi connectivity index (χ2n) is 5.43. The van der Waals surface area contributed by atoms with Gasteiger partial charge in [-0.1, -0.05) is 18.9 Å². The summed E-state index contributed by atoms with van der Waals surface area (Å²) in [5.74, 6) is -0.172. The number of hydrogen-bond donors (Lipinski definition) is 3. The Hall–Kier alpha value is -1.13. The second kappa shape index (κ2) is 6.35. The van der Waals surface area contributed by atoms with Crippen molar-refractivity contribution in [3.63, 3.8) is 0 Å². The van der Waals surface area contributed by atoms with Gasteiger partial charge in [0.1, 0.15) is 11.6 Å². The summed E-state index contributed by atoms with van der Waals surface area (Å²) in [6.07, 6.45) is 4.41. The van der Waals surface area contributed by atoms with E-state index in [0.29, 0.717) is 5.56 Å². The van der Waals surface area contributed by atoms with Gasteiger partial charge in [0.05, 0.1) is 0 Å². The number of hydrogen-bond acceptors (Lipinski definition) is 3. The minimum atomic E-state index is -0.431. The van der Waals surface area contributed by atoms with Gasteiger partial charge >= 0.3 is 0 Å². The largest absolute Gasteiger partial charge is 0.508 e. The molecule has 3 atom stereocenters. The third-order valence-corrected chi connectivity index (χ3v) is 4.07. The van der Waals surface area contributed by atoms with Crippen molar-refractivity contribution in [2.75, 3.05) is 6.61 Å². The van der Waals surface area contributed by atoms with E-state index in [1.807, 2.05) is 6.92 Å². The van der Waals surface area contributed by atoms with E-state index in [0.717, 1.165) is 25.3 Å². The average Bonchev–Trinajstić information content (AvgIpc) is 2.39. The molecule has 0 radical (unpaired) electrons. The van der Waals surface area contributed by atoms with E-state index in [2.05, 4.69) is 5.32 Å². The normalized spacial score (nSPS) is 25.2. The van der Waals surface area contributed by atoms with E-state index in [-0.39, 0.29) is 30.4 Å². The molecule has 0 saturated heterocycles. The number of nitrogens with one attached hydrogen (secondary N) is 1. The molecule has 0 aliphatic heterocycles. The van der Waals surface area contributed by atoms with Crippen molar-refractivity contribution < 1.29 is 14.6 Å². The summed E-state index contributed by atoms with van der Waals surface area (Å²) in [4.78, 5) is 0. The molecule has 2 rings (SSSR count). The Balaban J connectivity index is 2.05. The predicted molar refractivity (Wildman–Crippen MR) is 72.4 cm³/mol. The smallest absolute Gasteiger partial charge is 0.126 e. The molecular formula is C15H22FNO2. The summed E-state index contributed by atoms with van der Waals surface area (Å²) in [6.45, 7) is 2.15. The van der Waals surface area contributed by atoms with Gasteiger partial charge in [-0.3, -0.25) is 0 Å². The van der Waals surface area contributed by atoms with E-state index in [1.54, 1.807) is 6.07 Å². The zero-order valence-corrected chi connectivity index (χ0v) is 11.3. The van der Waals surface area contributed by atoms with Crippen LogP contribution in [0, 0.1) is 11.7 Å². The van der Waals surface area contributed by atoms with Crippen LogP contribution >= 0.6 is 0 Å². The number of aliphatic hydroxyl groups is 1. The molecular weight excluding hydrogens is 245 g/mol. The lowest BCUT2D eigenvalue weighted by Gasteiger charge is -2.33. The van der Waals surface area contributed by atoms with Gasteiger partial charge in [0, 0.05) is 30.3 Å². The third kappa shape index (κ3) is 3.45. The lowest BCUT2D eigenvalue weighted by atomic mass is 9.84. The summed E-state index contributed by atoms with van der Waals surface area (Å²) < 4.78 is 13.0. The fourth-order valence-electron chi connectivity index (χ4n) is 2.94. The van der Waals surface area contributed by atoms with Gasteiger partial charge in [-0.25, -0.2) is 4.39 Å². The molecule has 3 unspecified atom stereocenters. The lowest BCUT2D eigenvalue weighted by molar-refractivity contribution is 0.147.